The zero-order valence-electron chi connectivity index (χ0n) is 19.9. The molecule has 0 radical (unpaired) electrons. The summed E-state index contributed by atoms with van der Waals surface area (Å²) in [4.78, 5) is 25.7. The van der Waals surface area contributed by atoms with Gasteiger partial charge >= 0.3 is 5.97 Å². The number of rotatable bonds is 9. The summed E-state index contributed by atoms with van der Waals surface area (Å²) in [6, 6.07) is 3.77. The highest BCUT2D eigenvalue weighted by Crippen LogP contribution is 2.33. The van der Waals surface area contributed by atoms with Crippen molar-refractivity contribution in [2.75, 3.05) is 18.2 Å². The number of nitrogens with zero attached hydrogens (tertiary/aromatic N) is 3. The highest BCUT2D eigenvalue weighted by atomic mass is 35.5. The summed E-state index contributed by atoms with van der Waals surface area (Å²) in [6.45, 7) is 10.5. The Bertz CT molecular complexity index is 1200. The standard InChI is InChI=1S/C23H27ClN4O4S2/c1-7-28-17(10-32-16-8-12(2)20(24)13(3)9-16)26-27-23(28)33-11-18(29)25-21-19(22(30)31-6)14(4)15(5)34-21/h8-9H,7,10-11H2,1-6H3,(H,25,29). The second kappa shape index (κ2) is 11.2. The molecule has 3 rings (SSSR count). The van der Waals surface area contributed by atoms with Crippen molar-refractivity contribution in [3.63, 3.8) is 0 Å². The molecule has 0 unspecified atom stereocenters. The van der Waals surface area contributed by atoms with Gasteiger partial charge in [0.15, 0.2) is 11.0 Å². The highest BCUT2D eigenvalue weighted by molar-refractivity contribution is 7.99. The normalized spacial score (nSPS) is 10.9. The lowest BCUT2D eigenvalue weighted by molar-refractivity contribution is -0.113. The first-order chi connectivity index (χ1) is 16.2. The number of esters is 1. The number of amides is 1. The number of thioether (sulfide) groups is 1. The molecule has 0 fully saturated rings. The summed E-state index contributed by atoms with van der Waals surface area (Å²) in [5, 5.41) is 13.1. The van der Waals surface area contributed by atoms with Crippen molar-refractivity contribution < 1.29 is 19.1 Å². The number of ether oxygens (including phenoxy) is 2. The maximum absolute atomic E-state index is 12.6. The van der Waals surface area contributed by atoms with Crippen LogP contribution < -0.4 is 10.1 Å². The molecule has 0 atom stereocenters. The van der Waals surface area contributed by atoms with Crippen LogP contribution in [0, 0.1) is 27.7 Å². The van der Waals surface area contributed by atoms with Gasteiger partial charge in [0, 0.05) is 16.4 Å². The Balaban J connectivity index is 1.65. The fourth-order valence-corrected chi connectivity index (χ4v) is 5.34. The third kappa shape index (κ3) is 5.73. The fraction of sp³-hybridized carbons (Fsp3) is 0.391. The SMILES string of the molecule is CCn1c(COc2cc(C)c(Cl)c(C)c2)nnc1SCC(=O)Nc1sc(C)c(C)c1C(=O)OC. The van der Waals surface area contributed by atoms with Crippen LogP contribution in [0.2, 0.25) is 5.02 Å². The number of carbonyl (C=O) groups is 2. The van der Waals surface area contributed by atoms with Crippen molar-refractivity contribution in [2.45, 2.75) is 52.9 Å². The number of carbonyl (C=O) groups excluding carboxylic acids is 2. The number of hydrogen-bond donors (Lipinski definition) is 1. The van der Waals surface area contributed by atoms with Crippen LogP contribution in [0.15, 0.2) is 17.3 Å². The number of hydrogen-bond acceptors (Lipinski definition) is 8. The van der Waals surface area contributed by atoms with Crippen LogP contribution >= 0.6 is 34.7 Å². The molecule has 2 aromatic heterocycles. The predicted octanol–water partition coefficient (Wildman–Crippen LogP) is 5.34. The van der Waals surface area contributed by atoms with Crippen molar-refractivity contribution in [3.8, 4) is 5.75 Å². The molecule has 8 nitrogen and oxygen atoms in total. The van der Waals surface area contributed by atoms with Gasteiger partial charge in [0.05, 0.1) is 18.4 Å². The van der Waals surface area contributed by atoms with Crippen molar-refractivity contribution in [1.29, 1.82) is 0 Å². The predicted molar refractivity (Wildman–Crippen MR) is 135 cm³/mol. The van der Waals surface area contributed by atoms with E-state index in [0.29, 0.717) is 33.8 Å². The molecule has 0 saturated heterocycles. The van der Waals surface area contributed by atoms with Gasteiger partial charge in [0.25, 0.3) is 0 Å². The lowest BCUT2D eigenvalue weighted by atomic mass is 10.1. The van der Waals surface area contributed by atoms with Gasteiger partial charge in [0.1, 0.15) is 17.4 Å². The highest BCUT2D eigenvalue weighted by Gasteiger charge is 2.22. The lowest BCUT2D eigenvalue weighted by Gasteiger charge is -2.11. The van der Waals surface area contributed by atoms with E-state index in [0.717, 1.165) is 26.6 Å². The number of aromatic nitrogens is 3. The van der Waals surface area contributed by atoms with Crippen LogP contribution in [0.4, 0.5) is 5.00 Å². The molecule has 0 saturated carbocycles. The molecule has 0 spiro atoms. The molecule has 34 heavy (non-hydrogen) atoms. The molecular weight excluding hydrogens is 496 g/mol. The number of methoxy groups -OCH3 is 1. The molecule has 2 heterocycles. The number of aryl methyl sites for hydroxylation is 3. The summed E-state index contributed by atoms with van der Waals surface area (Å²) >= 11 is 8.86. The average Bonchev–Trinajstić information content (AvgIpc) is 3.33. The lowest BCUT2D eigenvalue weighted by Crippen LogP contribution is -2.16. The van der Waals surface area contributed by atoms with Crippen molar-refractivity contribution in [3.05, 3.63) is 50.1 Å². The van der Waals surface area contributed by atoms with Crippen molar-refractivity contribution >= 4 is 51.6 Å². The largest absolute Gasteiger partial charge is 0.486 e. The van der Waals surface area contributed by atoms with Gasteiger partial charge in [-0.25, -0.2) is 4.79 Å². The molecule has 0 bridgehead atoms. The monoisotopic (exact) mass is 522 g/mol. The Morgan fingerprint density at radius 3 is 2.47 bits per heavy atom. The third-order valence-electron chi connectivity index (χ3n) is 5.25. The van der Waals surface area contributed by atoms with Gasteiger partial charge in [-0.2, -0.15) is 0 Å². The Morgan fingerprint density at radius 2 is 1.85 bits per heavy atom. The second-order valence-electron chi connectivity index (χ2n) is 7.62. The minimum atomic E-state index is -0.466. The van der Waals surface area contributed by atoms with E-state index >= 15 is 0 Å². The van der Waals surface area contributed by atoms with Gasteiger partial charge < -0.3 is 19.4 Å². The van der Waals surface area contributed by atoms with Crippen LogP contribution in [0.5, 0.6) is 5.75 Å². The van der Waals surface area contributed by atoms with Crippen LogP contribution in [0.1, 0.15) is 44.7 Å². The zero-order chi connectivity index (χ0) is 25.0. The minimum Gasteiger partial charge on any atom is -0.486 e. The minimum absolute atomic E-state index is 0.116. The number of nitrogens with one attached hydrogen (secondary N) is 1. The van der Waals surface area contributed by atoms with Gasteiger partial charge in [-0.1, -0.05) is 23.4 Å². The number of benzene rings is 1. The first kappa shape index (κ1) is 26.1. The number of anilines is 1. The molecule has 0 aliphatic heterocycles. The van der Waals surface area contributed by atoms with E-state index in [4.69, 9.17) is 21.1 Å². The van der Waals surface area contributed by atoms with Gasteiger partial charge in [-0.15, -0.1) is 21.5 Å². The van der Waals surface area contributed by atoms with E-state index in [9.17, 15) is 9.59 Å². The first-order valence-corrected chi connectivity index (χ1v) is 12.8. The number of halogens is 1. The summed E-state index contributed by atoms with van der Waals surface area (Å²) in [7, 11) is 1.32. The molecule has 0 aliphatic rings. The number of thiophene rings is 1. The first-order valence-electron chi connectivity index (χ1n) is 10.6. The van der Waals surface area contributed by atoms with E-state index < -0.39 is 5.97 Å². The molecule has 182 valence electrons. The molecule has 1 amide bonds. The molecule has 1 aromatic carbocycles. The van der Waals surface area contributed by atoms with Crippen LogP contribution in [-0.2, 0) is 22.7 Å². The molecule has 11 heteroatoms. The summed E-state index contributed by atoms with van der Waals surface area (Å²) < 4.78 is 12.7. The van der Waals surface area contributed by atoms with Gasteiger partial charge in [-0.3, -0.25) is 4.79 Å². The van der Waals surface area contributed by atoms with E-state index in [1.54, 1.807) is 0 Å². The third-order valence-corrected chi connectivity index (χ3v) is 7.93. The zero-order valence-corrected chi connectivity index (χ0v) is 22.3. The summed E-state index contributed by atoms with van der Waals surface area (Å²) in [5.41, 5.74) is 3.10. The summed E-state index contributed by atoms with van der Waals surface area (Å²) in [6.07, 6.45) is 0. The quantitative estimate of drug-likeness (QED) is 0.299. The van der Waals surface area contributed by atoms with E-state index in [-0.39, 0.29) is 18.3 Å². The van der Waals surface area contributed by atoms with Gasteiger partial charge in [-0.05, 0) is 63.4 Å². The Morgan fingerprint density at radius 1 is 1.18 bits per heavy atom. The molecular formula is C23H27ClN4O4S2. The van der Waals surface area contributed by atoms with Crippen LogP contribution in [0.25, 0.3) is 0 Å². The Kier molecular flexibility index (Phi) is 8.62. The molecule has 1 N–H and O–H groups in total. The molecule has 3 aromatic rings. The maximum atomic E-state index is 12.6. The maximum Gasteiger partial charge on any atom is 0.341 e. The van der Waals surface area contributed by atoms with E-state index in [2.05, 4.69) is 15.5 Å². The van der Waals surface area contributed by atoms with Crippen molar-refractivity contribution in [1.82, 2.24) is 14.8 Å². The fourth-order valence-electron chi connectivity index (χ4n) is 3.34. The van der Waals surface area contributed by atoms with E-state index in [1.165, 1.54) is 30.2 Å². The second-order valence-corrected chi connectivity index (χ2v) is 10.2. The Hall–Kier alpha value is -2.56. The summed E-state index contributed by atoms with van der Waals surface area (Å²) in [5.74, 6) is 0.776. The Labute approximate surface area is 212 Å². The topological polar surface area (TPSA) is 95.3 Å². The average molecular weight is 523 g/mol. The van der Waals surface area contributed by atoms with Crippen molar-refractivity contribution in [2.24, 2.45) is 0 Å². The van der Waals surface area contributed by atoms with Crippen LogP contribution in [-0.4, -0.2) is 39.5 Å². The van der Waals surface area contributed by atoms with Crippen LogP contribution in [0.3, 0.4) is 0 Å². The smallest absolute Gasteiger partial charge is 0.341 e. The van der Waals surface area contributed by atoms with E-state index in [1.807, 2.05) is 51.3 Å². The van der Waals surface area contributed by atoms with Gasteiger partial charge in [0.2, 0.25) is 5.91 Å². The molecule has 0 aliphatic carbocycles.